The molecule has 28 heavy (non-hydrogen) atoms. The molecule has 0 radical (unpaired) electrons. The molecule has 4 heteroatoms. The molecule has 0 saturated heterocycles. The molecule has 1 fully saturated rings. The smallest absolute Gasteiger partial charge is 0.137 e. The summed E-state index contributed by atoms with van der Waals surface area (Å²) in [6, 6.07) is 15.0. The predicted molar refractivity (Wildman–Crippen MR) is 112 cm³/mol. The Bertz CT molecular complexity index is 964. The first-order valence-corrected chi connectivity index (χ1v) is 10.5. The van der Waals surface area contributed by atoms with E-state index in [1.54, 1.807) is 0 Å². The van der Waals surface area contributed by atoms with E-state index < -0.39 is 0 Å². The third kappa shape index (κ3) is 4.32. The number of carbonyl (C=O) groups excluding carboxylic acids is 1. The van der Waals surface area contributed by atoms with Crippen LogP contribution in [0.2, 0.25) is 0 Å². The summed E-state index contributed by atoms with van der Waals surface area (Å²) in [6.07, 6.45) is 6.23. The van der Waals surface area contributed by atoms with Gasteiger partial charge in [0, 0.05) is 31.7 Å². The van der Waals surface area contributed by atoms with Crippen molar-refractivity contribution in [3.8, 4) is 0 Å². The van der Waals surface area contributed by atoms with Crippen molar-refractivity contribution in [1.82, 2.24) is 14.8 Å². The largest absolute Gasteiger partial charge is 0.312 e. The zero-order valence-electron chi connectivity index (χ0n) is 16.9. The highest BCUT2D eigenvalue weighted by molar-refractivity contribution is 5.90. The second kappa shape index (κ2) is 8.26. The van der Waals surface area contributed by atoms with Crippen molar-refractivity contribution in [1.29, 1.82) is 0 Å². The molecule has 1 aliphatic carbocycles. The van der Waals surface area contributed by atoms with Crippen LogP contribution in [0.3, 0.4) is 0 Å². The van der Waals surface area contributed by atoms with Gasteiger partial charge in [-0.25, -0.2) is 0 Å². The van der Waals surface area contributed by atoms with Crippen LogP contribution in [0.5, 0.6) is 0 Å². The quantitative estimate of drug-likeness (QED) is 0.523. The van der Waals surface area contributed by atoms with E-state index in [9.17, 15) is 4.79 Å². The predicted octanol–water partition coefficient (Wildman–Crippen LogP) is 5.10. The van der Waals surface area contributed by atoms with Crippen LogP contribution in [0, 0.1) is 5.92 Å². The van der Waals surface area contributed by atoms with E-state index in [1.807, 2.05) is 18.2 Å². The molecule has 0 bridgehead atoms. The van der Waals surface area contributed by atoms with Gasteiger partial charge < -0.3 is 4.57 Å². The van der Waals surface area contributed by atoms with Gasteiger partial charge in [-0.1, -0.05) is 56.3 Å². The molecule has 146 valence electrons. The van der Waals surface area contributed by atoms with E-state index in [0.717, 1.165) is 30.1 Å². The van der Waals surface area contributed by atoms with Crippen molar-refractivity contribution < 1.29 is 4.79 Å². The van der Waals surface area contributed by atoms with E-state index >= 15 is 0 Å². The number of hydrogen-bond donors (Lipinski definition) is 0. The van der Waals surface area contributed by atoms with E-state index in [-0.39, 0.29) is 5.78 Å². The highest BCUT2D eigenvalue weighted by Gasteiger charge is 2.29. The molecule has 0 N–H and O–H groups in total. The van der Waals surface area contributed by atoms with Gasteiger partial charge in [-0.05, 0) is 41.5 Å². The zero-order chi connectivity index (χ0) is 19.5. The van der Waals surface area contributed by atoms with Crippen LogP contribution in [0.15, 0.2) is 42.5 Å². The molecule has 1 aliphatic rings. The first-order valence-electron chi connectivity index (χ1n) is 10.5. The average molecular weight is 376 g/mol. The lowest BCUT2D eigenvalue weighted by Gasteiger charge is -2.10. The molecule has 0 amide bonds. The minimum atomic E-state index is 0.269. The maximum absolute atomic E-state index is 12.7. The number of aryl methyl sites for hydroxylation is 2. The van der Waals surface area contributed by atoms with Crippen LogP contribution >= 0.6 is 0 Å². The fraction of sp³-hybridized carbons (Fsp3) is 0.458. The number of aromatic nitrogens is 3. The number of carbonyl (C=O) groups is 1. The lowest BCUT2D eigenvalue weighted by molar-refractivity contribution is -0.118. The van der Waals surface area contributed by atoms with E-state index in [1.165, 1.54) is 23.6 Å². The summed E-state index contributed by atoms with van der Waals surface area (Å²) in [7, 11) is 0. The fourth-order valence-corrected chi connectivity index (χ4v) is 3.87. The summed E-state index contributed by atoms with van der Waals surface area (Å²) in [4.78, 5) is 12.7. The maximum Gasteiger partial charge on any atom is 0.137 e. The van der Waals surface area contributed by atoms with E-state index in [4.69, 9.17) is 0 Å². The topological polar surface area (TPSA) is 47.8 Å². The van der Waals surface area contributed by atoms with Crippen molar-refractivity contribution in [2.75, 3.05) is 0 Å². The van der Waals surface area contributed by atoms with Crippen LogP contribution in [0.4, 0.5) is 0 Å². The molecule has 1 saturated carbocycles. The van der Waals surface area contributed by atoms with Crippen molar-refractivity contribution in [3.05, 3.63) is 59.7 Å². The number of benzene rings is 2. The third-order valence-corrected chi connectivity index (χ3v) is 5.59. The van der Waals surface area contributed by atoms with Gasteiger partial charge in [0.05, 0.1) is 0 Å². The lowest BCUT2D eigenvalue weighted by Crippen LogP contribution is -2.10. The Morgan fingerprint density at radius 3 is 2.50 bits per heavy atom. The molecule has 1 aromatic heterocycles. The van der Waals surface area contributed by atoms with Crippen LogP contribution in [0.1, 0.15) is 62.8 Å². The number of hydrogen-bond acceptors (Lipinski definition) is 3. The highest BCUT2D eigenvalue weighted by Crippen LogP contribution is 2.37. The zero-order valence-corrected chi connectivity index (χ0v) is 16.9. The van der Waals surface area contributed by atoms with Crippen molar-refractivity contribution in [2.24, 2.45) is 5.92 Å². The number of ketones is 1. The van der Waals surface area contributed by atoms with Gasteiger partial charge >= 0.3 is 0 Å². The minimum absolute atomic E-state index is 0.269. The Hall–Kier alpha value is -2.49. The van der Waals surface area contributed by atoms with Crippen LogP contribution in [-0.4, -0.2) is 20.5 Å². The molecule has 4 rings (SSSR count). The van der Waals surface area contributed by atoms with Crippen LogP contribution in [0.25, 0.3) is 10.8 Å². The molecule has 2 aromatic carbocycles. The Morgan fingerprint density at radius 2 is 1.75 bits per heavy atom. The van der Waals surface area contributed by atoms with Crippen molar-refractivity contribution >= 4 is 16.6 Å². The van der Waals surface area contributed by atoms with E-state index in [0.29, 0.717) is 31.2 Å². The number of fused-ring (bicyclic) bond motifs is 1. The van der Waals surface area contributed by atoms with Gasteiger partial charge in [0.1, 0.15) is 17.4 Å². The highest BCUT2D eigenvalue weighted by atomic mass is 16.1. The molecular formula is C24H29N3O. The van der Waals surface area contributed by atoms with Crippen LogP contribution < -0.4 is 0 Å². The molecule has 3 aromatic rings. The molecule has 0 spiro atoms. The average Bonchev–Trinajstić information content (AvgIpc) is 3.45. The fourth-order valence-electron chi connectivity index (χ4n) is 3.87. The van der Waals surface area contributed by atoms with Gasteiger partial charge in [0.2, 0.25) is 0 Å². The Labute approximate surface area is 167 Å². The summed E-state index contributed by atoms with van der Waals surface area (Å²) in [5.74, 6) is 3.03. The standard InChI is InChI=1S/C24H29N3O/c1-17(2)10-14-23-25-26-24(27(23)20-11-12-20)15-13-21(28)16-19-8-5-7-18-6-3-4-9-22(18)19/h3-9,17,20H,10-16H2,1-2H3. The second-order valence-electron chi connectivity index (χ2n) is 8.42. The minimum Gasteiger partial charge on any atom is -0.312 e. The Balaban J connectivity index is 1.42. The molecule has 0 unspecified atom stereocenters. The number of rotatable bonds is 9. The van der Waals surface area contributed by atoms with Crippen LogP contribution in [-0.2, 0) is 24.1 Å². The molecule has 1 heterocycles. The van der Waals surface area contributed by atoms with Gasteiger partial charge in [-0.15, -0.1) is 10.2 Å². The summed E-state index contributed by atoms with van der Waals surface area (Å²) in [6.45, 7) is 4.48. The number of Topliss-reactive ketones (excluding diaryl/α,β-unsaturated/α-hetero) is 1. The molecule has 4 nitrogen and oxygen atoms in total. The van der Waals surface area contributed by atoms with Crippen molar-refractivity contribution in [2.45, 2.75) is 64.8 Å². The SMILES string of the molecule is CC(C)CCc1nnc(CCC(=O)Cc2cccc3ccccc23)n1C1CC1. The van der Waals surface area contributed by atoms with Crippen molar-refractivity contribution in [3.63, 3.8) is 0 Å². The second-order valence-corrected chi connectivity index (χ2v) is 8.42. The van der Waals surface area contributed by atoms with Gasteiger partial charge in [0.25, 0.3) is 0 Å². The summed E-state index contributed by atoms with van der Waals surface area (Å²) in [5.41, 5.74) is 1.12. The summed E-state index contributed by atoms with van der Waals surface area (Å²) < 4.78 is 2.33. The molecular weight excluding hydrogens is 346 g/mol. The monoisotopic (exact) mass is 375 g/mol. The van der Waals surface area contributed by atoms with Gasteiger partial charge in [0.15, 0.2) is 0 Å². The Kier molecular flexibility index (Phi) is 5.56. The third-order valence-electron chi connectivity index (χ3n) is 5.59. The summed E-state index contributed by atoms with van der Waals surface area (Å²) in [5, 5.41) is 11.3. The number of nitrogens with zero attached hydrogens (tertiary/aromatic N) is 3. The summed E-state index contributed by atoms with van der Waals surface area (Å²) >= 11 is 0. The molecule has 0 atom stereocenters. The first kappa shape index (κ1) is 18.9. The van der Waals surface area contributed by atoms with Gasteiger partial charge in [-0.2, -0.15) is 0 Å². The normalized spacial score (nSPS) is 14.1. The van der Waals surface area contributed by atoms with Gasteiger partial charge in [-0.3, -0.25) is 4.79 Å². The van der Waals surface area contributed by atoms with E-state index in [2.05, 4.69) is 52.9 Å². The Morgan fingerprint density at radius 1 is 1.04 bits per heavy atom. The lowest BCUT2D eigenvalue weighted by atomic mass is 9.99. The maximum atomic E-state index is 12.7. The molecule has 0 aliphatic heterocycles. The first-order chi connectivity index (χ1) is 13.6.